The van der Waals surface area contributed by atoms with E-state index < -0.39 is 0 Å². The topological polar surface area (TPSA) is 12.0 Å². The molecule has 1 N–H and O–H groups in total. The third-order valence-electron chi connectivity index (χ3n) is 4.43. The fourth-order valence-electron chi connectivity index (χ4n) is 3.57. The lowest BCUT2D eigenvalue weighted by atomic mass is 9.66. The van der Waals surface area contributed by atoms with Crippen LogP contribution in [0.15, 0.2) is 60.7 Å². The standard InChI is InChI=1S/C18H17N/c1-6-12-18(13-7-1)14-8-2-4-10-16(14)19-17-11-5-3-9-15(17)18/h2-6,8-12,19H,1,7,13H2. The summed E-state index contributed by atoms with van der Waals surface area (Å²) in [5, 5.41) is 3.58. The van der Waals surface area contributed by atoms with Crippen molar-refractivity contribution in [2.45, 2.75) is 24.7 Å². The monoisotopic (exact) mass is 247 g/mol. The summed E-state index contributed by atoms with van der Waals surface area (Å²) in [4.78, 5) is 0. The maximum absolute atomic E-state index is 3.58. The Kier molecular flexibility index (Phi) is 2.28. The van der Waals surface area contributed by atoms with Crippen LogP contribution in [0.25, 0.3) is 0 Å². The third-order valence-corrected chi connectivity index (χ3v) is 4.43. The number of fused-ring (bicyclic) bond motifs is 4. The SMILES string of the molecule is C1=CC2(CCC1)c1ccccc1Nc1ccccc12. The normalized spacial score (nSPS) is 18.5. The summed E-state index contributed by atoms with van der Waals surface area (Å²) in [6, 6.07) is 17.4. The molecule has 1 heterocycles. The molecule has 19 heavy (non-hydrogen) atoms. The predicted molar refractivity (Wildman–Crippen MR) is 79.9 cm³/mol. The van der Waals surface area contributed by atoms with E-state index in [1.54, 1.807) is 0 Å². The molecule has 2 aromatic carbocycles. The molecule has 2 aromatic rings. The quantitative estimate of drug-likeness (QED) is 0.661. The predicted octanol–water partition coefficient (Wildman–Crippen LogP) is 4.77. The number of allylic oxidation sites excluding steroid dienone is 2. The van der Waals surface area contributed by atoms with E-state index in [1.165, 1.54) is 41.8 Å². The average molecular weight is 247 g/mol. The molecule has 0 saturated heterocycles. The Morgan fingerprint density at radius 3 is 2.05 bits per heavy atom. The second kappa shape index (κ2) is 3.99. The van der Waals surface area contributed by atoms with Gasteiger partial charge in [0.15, 0.2) is 0 Å². The molecule has 0 unspecified atom stereocenters. The van der Waals surface area contributed by atoms with E-state index in [0.29, 0.717) is 0 Å². The van der Waals surface area contributed by atoms with Crippen molar-refractivity contribution < 1.29 is 0 Å². The van der Waals surface area contributed by atoms with E-state index in [0.717, 1.165) is 0 Å². The molecule has 4 rings (SSSR count). The van der Waals surface area contributed by atoms with Gasteiger partial charge in [0.2, 0.25) is 0 Å². The summed E-state index contributed by atoms with van der Waals surface area (Å²) in [5.74, 6) is 0. The van der Waals surface area contributed by atoms with Crippen molar-refractivity contribution in [1.29, 1.82) is 0 Å². The number of benzene rings is 2. The van der Waals surface area contributed by atoms with E-state index in [4.69, 9.17) is 0 Å². The maximum Gasteiger partial charge on any atom is 0.0429 e. The highest BCUT2D eigenvalue weighted by molar-refractivity contribution is 5.77. The van der Waals surface area contributed by atoms with Gasteiger partial charge in [0, 0.05) is 16.8 Å². The zero-order valence-corrected chi connectivity index (χ0v) is 10.9. The van der Waals surface area contributed by atoms with Gasteiger partial charge in [-0.1, -0.05) is 48.6 Å². The molecule has 1 spiro atoms. The van der Waals surface area contributed by atoms with Crippen LogP contribution < -0.4 is 5.32 Å². The Morgan fingerprint density at radius 2 is 1.47 bits per heavy atom. The molecule has 94 valence electrons. The van der Waals surface area contributed by atoms with Gasteiger partial charge < -0.3 is 5.32 Å². The van der Waals surface area contributed by atoms with Crippen molar-refractivity contribution in [3.63, 3.8) is 0 Å². The molecular formula is C18H17N. The highest BCUT2D eigenvalue weighted by Crippen LogP contribution is 2.50. The average Bonchev–Trinajstić information content (AvgIpc) is 2.49. The van der Waals surface area contributed by atoms with Crippen molar-refractivity contribution in [3.8, 4) is 0 Å². The van der Waals surface area contributed by atoms with Crippen LogP contribution in [0, 0.1) is 0 Å². The van der Waals surface area contributed by atoms with E-state index in [2.05, 4.69) is 66.0 Å². The maximum atomic E-state index is 3.58. The molecule has 1 aliphatic heterocycles. The van der Waals surface area contributed by atoms with Crippen molar-refractivity contribution in [3.05, 3.63) is 71.8 Å². The Hall–Kier alpha value is -2.02. The van der Waals surface area contributed by atoms with Gasteiger partial charge in [-0.15, -0.1) is 0 Å². The minimum absolute atomic E-state index is 0.0800. The lowest BCUT2D eigenvalue weighted by Crippen LogP contribution is -2.31. The van der Waals surface area contributed by atoms with Crippen molar-refractivity contribution in [2.75, 3.05) is 5.32 Å². The minimum Gasteiger partial charge on any atom is -0.355 e. The Labute approximate surface area is 114 Å². The number of rotatable bonds is 0. The summed E-state index contributed by atoms with van der Waals surface area (Å²) in [7, 11) is 0. The van der Waals surface area contributed by atoms with E-state index in [1.807, 2.05) is 0 Å². The van der Waals surface area contributed by atoms with E-state index >= 15 is 0 Å². The van der Waals surface area contributed by atoms with Crippen molar-refractivity contribution in [2.24, 2.45) is 0 Å². The van der Waals surface area contributed by atoms with Gasteiger partial charge in [-0.25, -0.2) is 0 Å². The van der Waals surface area contributed by atoms with Gasteiger partial charge in [-0.3, -0.25) is 0 Å². The zero-order valence-electron chi connectivity index (χ0n) is 10.9. The molecule has 1 aliphatic carbocycles. The first-order chi connectivity index (χ1) is 9.40. The van der Waals surface area contributed by atoms with Gasteiger partial charge in [0.25, 0.3) is 0 Å². The number of hydrogen-bond donors (Lipinski definition) is 1. The number of para-hydroxylation sites is 2. The molecular weight excluding hydrogens is 230 g/mol. The first-order valence-electron chi connectivity index (χ1n) is 7.04. The van der Waals surface area contributed by atoms with Gasteiger partial charge >= 0.3 is 0 Å². The largest absolute Gasteiger partial charge is 0.355 e. The second-order valence-corrected chi connectivity index (χ2v) is 5.48. The zero-order chi connectivity index (χ0) is 12.7. The summed E-state index contributed by atoms with van der Waals surface area (Å²) < 4.78 is 0. The molecule has 0 aromatic heterocycles. The third kappa shape index (κ3) is 1.48. The van der Waals surface area contributed by atoms with E-state index in [-0.39, 0.29) is 5.41 Å². The smallest absolute Gasteiger partial charge is 0.0429 e. The van der Waals surface area contributed by atoms with Gasteiger partial charge in [-0.2, -0.15) is 0 Å². The van der Waals surface area contributed by atoms with Crippen LogP contribution in [0.2, 0.25) is 0 Å². The fraction of sp³-hybridized carbons (Fsp3) is 0.222. The summed E-state index contributed by atoms with van der Waals surface area (Å²) in [6.07, 6.45) is 8.45. The molecule has 0 radical (unpaired) electrons. The van der Waals surface area contributed by atoms with Crippen LogP contribution >= 0.6 is 0 Å². The fourth-order valence-corrected chi connectivity index (χ4v) is 3.57. The summed E-state index contributed by atoms with van der Waals surface area (Å²) in [6.45, 7) is 0. The van der Waals surface area contributed by atoms with Crippen molar-refractivity contribution >= 4 is 11.4 Å². The first kappa shape index (κ1) is 10.9. The van der Waals surface area contributed by atoms with Crippen LogP contribution in [-0.2, 0) is 5.41 Å². The minimum atomic E-state index is 0.0800. The van der Waals surface area contributed by atoms with Crippen LogP contribution in [0.3, 0.4) is 0 Å². The van der Waals surface area contributed by atoms with Gasteiger partial charge in [0.1, 0.15) is 0 Å². The number of anilines is 2. The molecule has 0 amide bonds. The lowest BCUT2D eigenvalue weighted by Gasteiger charge is -2.41. The van der Waals surface area contributed by atoms with Crippen molar-refractivity contribution in [1.82, 2.24) is 0 Å². The van der Waals surface area contributed by atoms with Gasteiger partial charge in [-0.05, 0) is 42.5 Å². The summed E-state index contributed by atoms with van der Waals surface area (Å²) >= 11 is 0. The Bertz CT molecular complexity index is 609. The Balaban J connectivity index is 2.03. The summed E-state index contributed by atoms with van der Waals surface area (Å²) in [5.41, 5.74) is 5.44. The molecule has 0 fully saturated rings. The molecule has 0 atom stereocenters. The van der Waals surface area contributed by atoms with Crippen LogP contribution in [0.1, 0.15) is 30.4 Å². The van der Waals surface area contributed by atoms with Crippen LogP contribution in [0.5, 0.6) is 0 Å². The number of nitrogens with one attached hydrogen (secondary N) is 1. The molecule has 0 bridgehead atoms. The number of hydrogen-bond acceptors (Lipinski definition) is 1. The van der Waals surface area contributed by atoms with E-state index in [9.17, 15) is 0 Å². The van der Waals surface area contributed by atoms with Crippen LogP contribution in [-0.4, -0.2) is 0 Å². The second-order valence-electron chi connectivity index (χ2n) is 5.48. The van der Waals surface area contributed by atoms with Crippen LogP contribution in [0.4, 0.5) is 11.4 Å². The highest BCUT2D eigenvalue weighted by atomic mass is 14.9. The molecule has 0 saturated carbocycles. The molecule has 1 nitrogen and oxygen atoms in total. The molecule has 1 heteroatoms. The van der Waals surface area contributed by atoms with Gasteiger partial charge in [0.05, 0.1) is 0 Å². The molecule has 2 aliphatic rings. The first-order valence-corrected chi connectivity index (χ1v) is 7.04. The lowest BCUT2D eigenvalue weighted by molar-refractivity contribution is 0.529. The Morgan fingerprint density at radius 1 is 0.842 bits per heavy atom. The highest BCUT2D eigenvalue weighted by Gasteiger charge is 2.38.